The van der Waals surface area contributed by atoms with Gasteiger partial charge < -0.3 is 28.1 Å². The molecule has 2 bridgehead atoms. The number of amides is 1. The average Bonchev–Trinajstić information content (AvgIpc) is 3.10. The third-order valence-electron chi connectivity index (χ3n) is 8.81. The minimum absolute atomic E-state index is 0.0362. The predicted molar refractivity (Wildman–Crippen MR) is 163 cm³/mol. The molecule has 1 N–H and O–H groups in total. The molecule has 4 atom stereocenters. The zero-order chi connectivity index (χ0) is 29.0. The predicted octanol–water partition coefficient (Wildman–Crippen LogP) is 6.10. The first-order chi connectivity index (χ1) is 19.8. The van der Waals surface area contributed by atoms with Crippen LogP contribution in [-0.4, -0.2) is 55.8 Å². The van der Waals surface area contributed by atoms with E-state index in [1.54, 1.807) is 6.07 Å². The Morgan fingerprint density at radius 2 is 2.07 bits per heavy atom. The summed E-state index contributed by atoms with van der Waals surface area (Å²) in [5.74, 6) is 0.944. The molecule has 0 unspecified atom stereocenters. The average molecular weight is 600 g/mol. The number of benzene rings is 2. The Morgan fingerprint density at radius 3 is 2.90 bits per heavy atom. The van der Waals surface area contributed by atoms with Gasteiger partial charge in [0.15, 0.2) is 0 Å². The van der Waals surface area contributed by atoms with Crippen LogP contribution in [0.15, 0.2) is 52.9 Å². The fourth-order valence-electron chi connectivity index (χ4n) is 6.40. The van der Waals surface area contributed by atoms with Crippen molar-refractivity contribution in [3.63, 3.8) is 0 Å². The molecule has 2 aromatic rings. The van der Waals surface area contributed by atoms with Crippen molar-refractivity contribution < 1.29 is 23.6 Å². The molecule has 7 nitrogen and oxygen atoms in total. The summed E-state index contributed by atoms with van der Waals surface area (Å²) in [4.78, 5) is 15.4. The number of hydrogen-bond acceptors (Lipinski definition) is 7. The van der Waals surface area contributed by atoms with Crippen molar-refractivity contribution in [2.24, 2.45) is 16.2 Å². The van der Waals surface area contributed by atoms with E-state index in [1.807, 2.05) is 18.2 Å². The van der Waals surface area contributed by atoms with Gasteiger partial charge in [-0.05, 0) is 79.0 Å². The highest BCUT2D eigenvalue weighted by Crippen LogP contribution is 2.45. The van der Waals surface area contributed by atoms with E-state index < -0.39 is 16.5 Å². The van der Waals surface area contributed by atoms with Crippen LogP contribution in [0.3, 0.4) is 0 Å². The van der Waals surface area contributed by atoms with Gasteiger partial charge in [0, 0.05) is 29.1 Å². The van der Waals surface area contributed by atoms with Gasteiger partial charge in [-0.2, -0.15) is 10.6 Å². The summed E-state index contributed by atoms with van der Waals surface area (Å²) in [6.45, 7) is 6.63. The van der Waals surface area contributed by atoms with Crippen LogP contribution in [0.4, 0.5) is 5.69 Å². The fraction of sp³-hybridized carbons (Fsp3) is 0.531. The van der Waals surface area contributed by atoms with Gasteiger partial charge in [0.2, 0.25) is 0 Å². The quantitative estimate of drug-likeness (QED) is 0.339. The van der Waals surface area contributed by atoms with Gasteiger partial charge in [0.25, 0.3) is 5.91 Å². The molecule has 0 fully saturated rings. The van der Waals surface area contributed by atoms with Crippen molar-refractivity contribution in [1.29, 1.82) is 0 Å². The lowest BCUT2D eigenvalue weighted by Gasteiger charge is -2.42. The number of halogens is 1. The molecule has 1 amide bonds. The molecule has 0 saturated heterocycles. The number of anilines is 1. The van der Waals surface area contributed by atoms with E-state index in [0.29, 0.717) is 30.8 Å². The van der Waals surface area contributed by atoms with Crippen LogP contribution < -0.4 is 9.64 Å². The van der Waals surface area contributed by atoms with Crippen molar-refractivity contribution in [3.05, 3.63) is 70.3 Å². The van der Waals surface area contributed by atoms with Crippen LogP contribution in [0.1, 0.15) is 61.0 Å². The molecular formula is C32H40ClN2O5S-. The standard InChI is InChI=1S/C32H40ClN2O5S/c1-22-19-35-20-32(13-6-7-24-17-26(33)10-11-27(24)32)21-40-30-12-9-25(18-28(30)35)31(37)34-41(38)16-5-3-4-8-29(23(22)2)39-15-14-36/h4,8-12,17-18,22-23,29,36H,3,5-7,13-16,19-21H2,1-2H3/q-1/b8-4+/t22-,23+,29-,32-/m0/s1. The number of carbonyl (C=O) groups is 1. The Kier molecular flexibility index (Phi) is 9.74. The normalized spacial score (nSPS) is 28.3. The van der Waals surface area contributed by atoms with Gasteiger partial charge in [0.1, 0.15) is 5.75 Å². The lowest BCUT2D eigenvalue weighted by atomic mass is 9.70. The molecule has 1 aliphatic carbocycles. The van der Waals surface area contributed by atoms with E-state index in [9.17, 15) is 14.1 Å². The number of aliphatic hydroxyl groups is 1. The number of allylic oxidation sites excluding steroid dienone is 1. The highest BCUT2D eigenvalue weighted by Gasteiger charge is 2.42. The maximum absolute atomic E-state index is 13.1. The molecule has 2 heterocycles. The molecular weight excluding hydrogens is 560 g/mol. The van der Waals surface area contributed by atoms with Crippen molar-refractivity contribution in [2.75, 3.05) is 43.6 Å². The molecule has 2 aromatic carbocycles. The van der Waals surface area contributed by atoms with Gasteiger partial charge in [0.05, 0.1) is 31.6 Å². The Labute approximate surface area is 250 Å². The summed E-state index contributed by atoms with van der Waals surface area (Å²) in [5, 5.41) is 10.2. The number of aliphatic hydroxyl groups excluding tert-OH is 1. The molecule has 0 saturated carbocycles. The second-order valence-corrected chi connectivity index (χ2v) is 13.3. The number of fused-ring (bicyclic) bond motifs is 3. The topological polar surface area (TPSA) is 88.4 Å². The van der Waals surface area contributed by atoms with Crippen molar-refractivity contribution in [3.8, 4) is 5.75 Å². The summed E-state index contributed by atoms with van der Waals surface area (Å²) >= 11 is 6.39. The van der Waals surface area contributed by atoms with Crippen molar-refractivity contribution in [1.82, 2.24) is 0 Å². The smallest absolute Gasteiger partial charge is 0.254 e. The van der Waals surface area contributed by atoms with Crippen LogP contribution >= 0.6 is 11.6 Å². The van der Waals surface area contributed by atoms with Gasteiger partial charge >= 0.3 is 0 Å². The maximum Gasteiger partial charge on any atom is 0.254 e. The molecule has 222 valence electrons. The zero-order valence-corrected chi connectivity index (χ0v) is 25.5. The highest BCUT2D eigenvalue weighted by atomic mass is 35.5. The van der Waals surface area contributed by atoms with Crippen LogP contribution in [-0.2, 0) is 31.4 Å². The van der Waals surface area contributed by atoms with E-state index in [-0.39, 0.29) is 36.6 Å². The molecule has 0 aromatic heterocycles. The Morgan fingerprint density at radius 1 is 1.22 bits per heavy atom. The fourth-order valence-corrected chi connectivity index (χ4v) is 7.39. The lowest BCUT2D eigenvalue weighted by molar-refractivity contribution is 0.0140. The number of hydrogen-bond donors (Lipinski definition) is 1. The summed E-state index contributed by atoms with van der Waals surface area (Å²) in [7, 11) is -1.60. The minimum Gasteiger partial charge on any atom is -0.490 e. The first-order valence-electron chi connectivity index (χ1n) is 14.6. The monoisotopic (exact) mass is 599 g/mol. The Balaban J connectivity index is 1.58. The van der Waals surface area contributed by atoms with E-state index in [4.69, 9.17) is 21.1 Å². The van der Waals surface area contributed by atoms with Crippen molar-refractivity contribution >= 4 is 33.8 Å². The van der Waals surface area contributed by atoms with Crippen LogP contribution in [0.5, 0.6) is 5.75 Å². The van der Waals surface area contributed by atoms with Crippen LogP contribution in [0.2, 0.25) is 5.02 Å². The number of carbonyl (C=O) groups excluding carboxylic acids is 1. The molecule has 1 spiro atoms. The second-order valence-electron chi connectivity index (χ2n) is 11.7. The molecule has 2 aliphatic heterocycles. The van der Waals surface area contributed by atoms with Crippen LogP contribution in [0, 0.1) is 11.8 Å². The maximum atomic E-state index is 13.1. The highest BCUT2D eigenvalue weighted by molar-refractivity contribution is 7.75. The lowest BCUT2D eigenvalue weighted by Crippen LogP contribution is -2.47. The molecule has 41 heavy (non-hydrogen) atoms. The van der Waals surface area contributed by atoms with Gasteiger partial charge in [-0.15, -0.1) is 0 Å². The number of aryl methyl sites for hydroxylation is 1. The number of nitrogens with zero attached hydrogens (tertiary/aromatic N) is 2. The van der Waals surface area contributed by atoms with Gasteiger partial charge in [-0.1, -0.05) is 55.8 Å². The van der Waals surface area contributed by atoms with E-state index in [2.05, 4.69) is 47.4 Å². The molecule has 9 heteroatoms. The zero-order valence-electron chi connectivity index (χ0n) is 23.9. The first kappa shape index (κ1) is 30.1. The summed E-state index contributed by atoms with van der Waals surface area (Å²) in [6.07, 6.45) is 8.34. The minimum atomic E-state index is -1.60. The summed E-state index contributed by atoms with van der Waals surface area (Å²) < 4.78 is 29.2. The van der Waals surface area contributed by atoms with Crippen molar-refractivity contribution in [2.45, 2.75) is 57.5 Å². The van der Waals surface area contributed by atoms with Gasteiger partial charge in [-0.3, -0.25) is 4.79 Å². The summed E-state index contributed by atoms with van der Waals surface area (Å²) in [5.41, 5.74) is 3.58. The summed E-state index contributed by atoms with van der Waals surface area (Å²) in [6, 6.07) is 11.6. The molecule has 0 radical (unpaired) electrons. The number of ether oxygens (including phenoxy) is 2. The van der Waals surface area contributed by atoms with Crippen LogP contribution in [0.25, 0.3) is 0 Å². The number of rotatable bonds is 3. The van der Waals surface area contributed by atoms with E-state index in [0.717, 1.165) is 48.8 Å². The third kappa shape index (κ3) is 6.82. The third-order valence-corrected chi connectivity index (χ3v) is 10.1. The molecule has 3 aliphatic rings. The molecule has 5 rings (SSSR count). The van der Waals surface area contributed by atoms with E-state index >= 15 is 0 Å². The van der Waals surface area contributed by atoms with Gasteiger partial charge in [-0.25, -0.2) is 0 Å². The van der Waals surface area contributed by atoms with E-state index in [1.165, 1.54) is 11.1 Å². The SMILES string of the molecule is C[C@H]1[C@@H](OCCO)/C=C/CCC[S-](=O)=NC(=O)c2ccc3c(c2)N(C[C@@H]1C)C[C@@]1(CCCc2cc(Cl)ccc21)CO3. The largest absolute Gasteiger partial charge is 0.490 e. The Bertz CT molecular complexity index is 1370. The first-order valence-corrected chi connectivity index (χ1v) is 16.3. The second kappa shape index (κ2) is 13.3. The Hall–Kier alpha value is -2.39.